The molecule has 6 nitrogen and oxygen atoms in total. The standard InChI is InChI=1S/C19H17ClO6/c1-25-16-6-4-12(9-13(16)10-18(22)23)15(21)5-3-11-7-14(20)19(24)17(8-11)26-2/h3-9,24H,10H2,1-2H3,(H,22,23)/p-1/b5-3+. The van der Waals surface area contributed by atoms with E-state index in [2.05, 4.69) is 0 Å². The third-order valence-corrected chi connectivity index (χ3v) is 3.89. The number of phenolic OH excluding ortho intramolecular Hbond substituents is 1. The molecule has 0 aliphatic heterocycles. The van der Waals surface area contributed by atoms with Crippen molar-refractivity contribution in [3.63, 3.8) is 0 Å². The molecule has 0 radical (unpaired) electrons. The minimum atomic E-state index is -1.27. The SMILES string of the molecule is COc1ccc(C(=O)/C=C/c2cc(Cl)c(O)c(OC)c2)cc1CC(=O)[O-]. The van der Waals surface area contributed by atoms with E-state index < -0.39 is 5.97 Å². The first-order valence-corrected chi connectivity index (χ1v) is 7.89. The normalized spacial score (nSPS) is 10.7. The summed E-state index contributed by atoms with van der Waals surface area (Å²) in [6, 6.07) is 7.53. The second-order valence-corrected chi connectivity index (χ2v) is 5.73. The number of ether oxygens (including phenoxy) is 2. The Labute approximate surface area is 155 Å². The largest absolute Gasteiger partial charge is 0.550 e. The number of aliphatic carboxylic acids is 1. The van der Waals surface area contributed by atoms with Gasteiger partial charge in [-0.3, -0.25) is 4.79 Å². The molecule has 0 bridgehead atoms. The van der Waals surface area contributed by atoms with Gasteiger partial charge in [0.1, 0.15) is 5.75 Å². The van der Waals surface area contributed by atoms with Crippen LogP contribution in [0.5, 0.6) is 17.2 Å². The summed E-state index contributed by atoms with van der Waals surface area (Å²) in [5.41, 5.74) is 1.21. The van der Waals surface area contributed by atoms with Crippen LogP contribution in [0.15, 0.2) is 36.4 Å². The van der Waals surface area contributed by atoms with Crippen LogP contribution < -0.4 is 14.6 Å². The van der Waals surface area contributed by atoms with Crippen molar-refractivity contribution in [1.82, 2.24) is 0 Å². The molecule has 136 valence electrons. The number of carbonyl (C=O) groups is 2. The van der Waals surface area contributed by atoms with Gasteiger partial charge in [0.25, 0.3) is 0 Å². The Morgan fingerprint density at radius 2 is 1.85 bits per heavy atom. The molecule has 0 aromatic heterocycles. The first-order chi connectivity index (χ1) is 12.3. The summed E-state index contributed by atoms with van der Waals surface area (Å²) in [5, 5.41) is 20.6. The zero-order valence-electron chi connectivity index (χ0n) is 14.1. The van der Waals surface area contributed by atoms with E-state index in [1.807, 2.05) is 0 Å². The van der Waals surface area contributed by atoms with E-state index >= 15 is 0 Å². The average Bonchev–Trinajstić information content (AvgIpc) is 2.61. The number of halogens is 1. The molecule has 26 heavy (non-hydrogen) atoms. The van der Waals surface area contributed by atoms with Crippen LogP contribution in [0.25, 0.3) is 6.08 Å². The number of methoxy groups -OCH3 is 2. The first kappa shape index (κ1) is 19.3. The maximum atomic E-state index is 12.4. The fraction of sp³-hybridized carbons (Fsp3) is 0.158. The second-order valence-electron chi connectivity index (χ2n) is 5.33. The van der Waals surface area contributed by atoms with E-state index in [4.69, 9.17) is 21.1 Å². The van der Waals surface area contributed by atoms with E-state index in [9.17, 15) is 19.8 Å². The highest BCUT2D eigenvalue weighted by atomic mass is 35.5. The lowest BCUT2D eigenvalue weighted by Gasteiger charge is -2.10. The summed E-state index contributed by atoms with van der Waals surface area (Å²) in [6.07, 6.45) is 2.46. The van der Waals surface area contributed by atoms with Crippen LogP contribution >= 0.6 is 11.6 Å². The van der Waals surface area contributed by atoms with Crippen LogP contribution in [-0.4, -0.2) is 31.1 Å². The summed E-state index contributed by atoms with van der Waals surface area (Å²) in [5.74, 6) is -1.24. The molecular formula is C19H16ClO6-. The number of allylic oxidation sites excluding steroid dienone is 1. The van der Waals surface area contributed by atoms with E-state index in [1.165, 1.54) is 56.7 Å². The number of carboxylic acids is 1. The molecule has 7 heteroatoms. The van der Waals surface area contributed by atoms with E-state index in [0.29, 0.717) is 22.4 Å². The molecule has 0 unspecified atom stereocenters. The Kier molecular flexibility index (Phi) is 6.25. The summed E-state index contributed by atoms with van der Waals surface area (Å²) >= 11 is 5.91. The van der Waals surface area contributed by atoms with E-state index in [-0.39, 0.29) is 28.7 Å². The third-order valence-electron chi connectivity index (χ3n) is 3.60. The molecular weight excluding hydrogens is 360 g/mol. The number of carbonyl (C=O) groups excluding carboxylic acids is 2. The number of ketones is 1. The predicted molar refractivity (Wildman–Crippen MR) is 94.7 cm³/mol. The highest BCUT2D eigenvalue weighted by Crippen LogP contribution is 2.35. The Bertz CT molecular complexity index is 873. The van der Waals surface area contributed by atoms with Gasteiger partial charge in [0.05, 0.1) is 19.2 Å². The van der Waals surface area contributed by atoms with Gasteiger partial charge in [0.15, 0.2) is 17.3 Å². The second kappa shape index (κ2) is 8.40. The van der Waals surface area contributed by atoms with Crippen LogP contribution in [0, 0.1) is 0 Å². The van der Waals surface area contributed by atoms with Crippen molar-refractivity contribution in [1.29, 1.82) is 0 Å². The molecule has 2 aromatic rings. The molecule has 2 rings (SSSR count). The lowest BCUT2D eigenvalue weighted by Crippen LogP contribution is -2.24. The molecule has 0 saturated heterocycles. The topological polar surface area (TPSA) is 95.9 Å². The molecule has 0 spiro atoms. The fourth-order valence-electron chi connectivity index (χ4n) is 2.34. The fourth-order valence-corrected chi connectivity index (χ4v) is 2.56. The maximum absolute atomic E-state index is 12.4. The van der Waals surface area contributed by atoms with Crippen molar-refractivity contribution in [2.45, 2.75) is 6.42 Å². The Morgan fingerprint density at radius 1 is 1.15 bits per heavy atom. The molecule has 0 fully saturated rings. The summed E-state index contributed by atoms with van der Waals surface area (Å²) < 4.78 is 10.1. The van der Waals surface area contributed by atoms with Crippen LogP contribution in [0.3, 0.4) is 0 Å². The van der Waals surface area contributed by atoms with Gasteiger partial charge in [-0.25, -0.2) is 0 Å². The van der Waals surface area contributed by atoms with E-state index in [0.717, 1.165) is 0 Å². The minimum Gasteiger partial charge on any atom is -0.550 e. The molecule has 0 aliphatic carbocycles. The molecule has 0 aliphatic rings. The highest BCUT2D eigenvalue weighted by Gasteiger charge is 2.10. The Morgan fingerprint density at radius 3 is 2.46 bits per heavy atom. The summed E-state index contributed by atoms with van der Waals surface area (Å²) in [7, 11) is 2.80. The summed E-state index contributed by atoms with van der Waals surface area (Å²) in [4.78, 5) is 23.2. The predicted octanol–water partition coefficient (Wildman–Crippen LogP) is 2.25. The average molecular weight is 376 g/mol. The Hall–Kier alpha value is -2.99. The molecule has 0 saturated carbocycles. The van der Waals surface area contributed by atoms with E-state index in [1.54, 1.807) is 0 Å². The number of carboxylic acid groups (broad SMARTS) is 1. The molecule has 2 aromatic carbocycles. The van der Waals surface area contributed by atoms with Crippen LogP contribution in [0.2, 0.25) is 5.02 Å². The van der Waals surface area contributed by atoms with Gasteiger partial charge >= 0.3 is 0 Å². The molecule has 1 N–H and O–H groups in total. The van der Waals surface area contributed by atoms with Gasteiger partial charge in [0.2, 0.25) is 0 Å². The number of hydrogen-bond acceptors (Lipinski definition) is 6. The zero-order valence-corrected chi connectivity index (χ0v) is 14.9. The van der Waals surface area contributed by atoms with Crippen LogP contribution in [-0.2, 0) is 11.2 Å². The highest BCUT2D eigenvalue weighted by molar-refractivity contribution is 6.32. The van der Waals surface area contributed by atoms with Crippen molar-refractivity contribution in [2.24, 2.45) is 0 Å². The zero-order chi connectivity index (χ0) is 19.3. The molecule has 0 atom stereocenters. The van der Waals surface area contributed by atoms with Crippen molar-refractivity contribution in [3.05, 3.63) is 58.1 Å². The number of aromatic hydroxyl groups is 1. The first-order valence-electron chi connectivity index (χ1n) is 7.51. The van der Waals surface area contributed by atoms with Crippen molar-refractivity contribution < 1.29 is 29.3 Å². The third kappa shape index (κ3) is 4.55. The van der Waals surface area contributed by atoms with Gasteiger partial charge in [-0.2, -0.15) is 0 Å². The van der Waals surface area contributed by atoms with Crippen molar-refractivity contribution in [2.75, 3.05) is 14.2 Å². The van der Waals surface area contributed by atoms with Gasteiger partial charge in [-0.1, -0.05) is 17.7 Å². The minimum absolute atomic E-state index is 0.0946. The number of benzene rings is 2. The van der Waals surface area contributed by atoms with Gasteiger partial charge in [-0.05, 0) is 42.0 Å². The number of rotatable bonds is 7. The molecule has 0 heterocycles. The Balaban J connectivity index is 2.28. The number of phenols is 1. The van der Waals surface area contributed by atoms with Crippen molar-refractivity contribution >= 4 is 29.4 Å². The molecule has 0 amide bonds. The number of hydrogen-bond donors (Lipinski definition) is 1. The summed E-state index contributed by atoms with van der Waals surface area (Å²) in [6.45, 7) is 0. The van der Waals surface area contributed by atoms with Crippen LogP contribution in [0.1, 0.15) is 21.5 Å². The smallest absolute Gasteiger partial charge is 0.185 e. The van der Waals surface area contributed by atoms with Gasteiger partial charge in [-0.15, -0.1) is 0 Å². The van der Waals surface area contributed by atoms with Crippen LogP contribution in [0.4, 0.5) is 0 Å². The lowest BCUT2D eigenvalue weighted by atomic mass is 10.0. The van der Waals surface area contributed by atoms with Gasteiger partial charge < -0.3 is 24.5 Å². The van der Waals surface area contributed by atoms with Gasteiger partial charge in [0, 0.05) is 23.5 Å². The quantitative estimate of drug-likeness (QED) is 0.589. The monoisotopic (exact) mass is 375 g/mol. The lowest BCUT2D eigenvalue weighted by molar-refractivity contribution is -0.304. The van der Waals surface area contributed by atoms with Crippen molar-refractivity contribution in [3.8, 4) is 17.2 Å². The maximum Gasteiger partial charge on any atom is 0.185 e.